The first-order valence-electron chi connectivity index (χ1n) is 6.03. The Kier molecular flexibility index (Phi) is 7.34. The lowest BCUT2D eigenvalue weighted by Gasteiger charge is -2.24. The SMILES string of the molecule is CC(C)N[C@@H](C(=O)NCCN(C)C)C(C)C. The Balaban J connectivity index is 4.07. The Morgan fingerprint density at radius 2 is 1.75 bits per heavy atom. The highest BCUT2D eigenvalue weighted by Crippen LogP contribution is 2.02. The smallest absolute Gasteiger partial charge is 0.237 e. The van der Waals surface area contributed by atoms with E-state index in [1.807, 2.05) is 14.1 Å². The minimum Gasteiger partial charge on any atom is -0.353 e. The molecule has 0 fully saturated rings. The number of hydrogen-bond donors (Lipinski definition) is 2. The van der Waals surface area contributed by atoms with Crippen LogP contribution in [-0.4, -0.2) is 50.1 Å². The van der Waals surface area contributed by atoms with Gasteiger partial charge < -0.3 is 15.5 Å². The van der Waals surface area contributed by atoms with Gasteiger partial charge in [-0.15, -0.1) is 0 Å². The van der Waals surface area contributed by atoms with Crippen LogP contribution >= 0.6 is 0 Å². The standard InChI is InChI=1S/C12H27N3O/c1-9(2)11(14-10(3)4)12(16)13-7-8-15(5)6/h9-11,14H,7-8H2,1-6H3,(H,13,16)/t11-/m1/s1. The minimum absolute atomic E-state index is 0.0952. The highest BCUT2D eigenvalue weighted by atomic mass is 16.2. The summed E-state index contributed by atoms with van der Waals surface area (Å²) in [5.74, 6) is 0.410. The van der Waals surface area contributed by atoms with Crippen LogP contribution in [0, 0.1) is 5.92 Å². The van der Waals surface area contributed by atoms with Gasteiger partial charge in [0, 0.05) is 19.1 Å². The molecular weight excluding hydrogens is 202 g/mol. The topological polar surface area (TPSA) is 44.4 Å². The van der Waals surface area contributed by atoms with Crippen LogP contribution < -0.4 is 10.6 Å². The number of likely N-dealkylation sites (N-methyl/N-ethyl adjacent to an activating group) is 1. The molecule has 1 atom stereocenters. The molecule has 0 bridgehead atoms. The van der Waals surface area contributed by atoms with Crippen molar-refractivity contribution >= 4 is 5.91 Å². The van der Waals surface area contributed by atoms with E-state index >= 15 is 0 Å². The summed E-state index contributed by atoms with van der Waals surface area (Å²) in [7, 11) is 4.00. The molecule has 0 spiro atoms. The second kappa shape index (κ2) is 7.63. The maximum atomic E-state index is 11.9. The number of nitrogens with zero attached hydrogens (tertiary/aromatic N) is 1. The van der Waals surface area contributed by atoms with Gasteiger partial charge >= 0.3 is 0 Å². The Morgan fingerprint density at radius 1 is 1.19 bits per heavy atom. The van der Waals surface area contributed by atoms with Crippen LogP contribution in [0.1, 0.15) is 27.7 Å². The quantitative estimate of drug-likeness (QED) is 0.675. The molecular formula is C12H27N3O. The van der Waals surface area contributed by atoms with Crippen molar-refractivity contribution in [2.45, 2.75) is 39.8 Å². The van der Waals surface area contributed by atoms with Crippen molar-refractivity contribution in [2.75, 3.05) is 27.2 Å². The molecule has 0 heterocycles. The molecule has 4 nitrogen and oxygen atoms in total. The molecule has 0 aromatic carbocycles. The Morgan fingerprint density at radius 3 is 2.12 bits per heavy atom. The Labute approximate surface area is 99.8 Å². The van der Waals surface area contributed by atoms with Gasteiger partial charge in [-0.25, -0.2) is 0 Å². The van der Waals surface area contributed by atoms with E-state index in [2.05, 4.69) is 43.2 Å². The summed E-state index contributed by atoms with van der Waals surface area (Å²) in [6.45, 7) is 9.81. The van der Waals surface area contributed by atoms with Crippen LogP contribution in [0.3, 0.4) is 0 Å². The average Bonchev–Trinajstić information content (AvgIpc) is 2.12. The minimum atomic E-state index is -0.0952. The third-order valence-corrected chi connectivity index (χ3v) is 2.32. The molecule has 0 aliphatic heterocycles. The highest BCUT2D eigenvalue weighted by Gasteiger charge is 2.21. The number of carbonyl (C=O) groups is 1. The fourth-order valence-electron chi connectivity index (χ4n) is 1.44. The molecule has 0 radical (unpaired) electrons. The van der Waals surface area contributed by atoms with Gasteiger partial charge in [0.25, 0.3) is 0 Å². The van der Waals surface area contributed by atoms with Crippen molar-refractivity contribution in [1.82, 2.24) is 15.5 Å². The molecule has 4 heteroatoms. The number of carbonyl (C=O) groups excluding carboxylic acids is 1. The summed E-state index contributed by atoms with van der Waals surface area (Å²) in [5, 5.41) is 6.25. The van der Waals surface area contributed by atoms with Crippen LogP contribution in [-0.2, 0) is 4.79 Å². The molecule has 2 N–H and O–H groups in total. The van der Waals surface area contributed by atoms with Crippen LogP contribution in [0.25, 0.3) is 0 Å². The number of hydrogen-bond acceptors (Lipinski definition) is 3. The van der Waals surface area contributed by atoms with E-state index in [1.54, 1.807) is 0 Å². The number of amides is 1. The first-order chi connectivity index (χ1) is 7.34. The van der Waals surface area contributed by atoms with Gasteiger partial charge in [0.15, 0.2) is 0 Å². The van der Waals surface area contributed by atoms with Crippen molar-refractivity contribution in [2.24, 2.45) is 5.92 Å². The molecule has 16 heavy (non-hydrogen) atoms. The van der Waals surface area contributed by atoms with Crippen molar-refractivity contribution in [3.63, 3.8) is 0 Å². The predicted octanol–water partition coefficient (Wildman–Crippen LogP) is 0.687. The van der Waals surface area contributed by atoms with Crippen LogP contribution in [0.4, 0.5) is 0 Å². The van der Waals surface area contributed by atoms with E-state index < -0.39 is 0 Å². The van der Waals surface area contributed by atoms with E-state index in [0.29, 0.717) is 18.5 Å². The lowest BCUT2D eigenvalue weighted by Crippen LogP contribution is -2.50. The Bertz CT molecular complexity index is 202. The molecule has 0 aliphatic rings. The van der Waals surface area contributed by atoms with Gasteiger partial charge in [0.05, 0.1) is 6.04 Å². The number of nitrogens with one attached hydrogen (secondary N) is 2. The fraction of sp³-hybridized carbons (Fsp3) is 0.917. The predicted molar refractivity (Wildman–Crippen MR) is 68.5 cm³/mol. The van der Waals surface area contributed by atoms with Crippen molar-refractivity contribution in [1.29, 1.82) is 0 Å². The zero-order valence-corrected chi connectivity index (χ0v) is 11.5. The van der Waals surface area contributed by atoms with Gasteiger partial charge in [-0.3, -0.25) is 4.79 Å². The average molecular weight is 229 g/mol. The molecule has 0 rings (SSSR count). The zero-order chi connectivity index (χ0) is 12.7. The molecule has 0 aromatic rings. The van der Waals surface area contributed by atoms with Crippen molar-refractivity contribution in [3.8, 4) is 0 Å². The summed E-state index contributed by atoms with van der Waals surface area (Å²) in [6.07, 6.45) is 0. The summed E-state index contributed by atoms with van der Waals surface area (Å²) >= 11 is 0. The molecule has 0 saturated heterocycles. The lowest BCUT2D eigenvalue weighted by molar-refractivity contribution is -0.124. The van der Waals surface area contributed by atoms with Crippen molar-refractivity contribution < 1.29 is 4.79 Å². The summed E-state index contributed by atoms with van der Waals surface area (Å²) in [4.78, 5) is 14.0. The molecule has 96 valence electrons. The monoisotopic (exact) mass is 229 g/mol. The highest BCUT2D eigenvalue weighted by molar-refractivity contribution is 5.82. The largest absolute Gasteiger partial charge is 0.353 e. The van der Waals surface area contributed by atoms with Crippen LogP contribution in [0.15, 0.2) is 0 Å². The molecule has 1 amide bonds. The van der Waals surface area contributed by atoms with E-state index in [-0.39, 0.29) is 11.9 Å². The summed E-state index contributed by atoms with van der Waals surface area (Å²) in [6, 6.07) is 0.231. The molecule has 0 aliphatic carbocycles. The van der Waals surface area contributed by atoms with E-state index in [4.69, 9.17) is 0 Å². The summed E-state index contributed by atoms with van der Waals surface area (Å²) < 4.78 is 0. The lowest BCUT2D eigenvalue weighted by atomic mass is 10.0. The van der Waals surface area contributed by atoms with Gasteiger partial charge in [-0.1, -0.05) is 27.7 Å². The second-order valence-corrected chi connectivity index (χ2v) is 5.14. The summed E-state index contributed by atoms with van der Waals surface area (Å²) in [5.41, 5.74) is 0. The maximum Gasteiger partial charge on any atom is 0.237 e. The third kappa shape index (κ3) is 6.80. The molecule has 0 aromatic heterocycles. The van der Waals surface area contributed by atoms with Gasteiger partial charge in [0.1, 0.15) is 0 Å². The van der Waals surface area contributed by atoms with Gasteiger partial charge in [0.2, 0.25) is 5.91 Å². The Hall–Kier alpha value is -0.610. The first kappa shape index (κ1) is 15.4. The fourth-order valence-corrected chi connectivity index (χ4v) is 1.44. The van der Waals surface area contributed by atoms with Crippen LogP contribution in [0.2, 0.25) is 0 Å². The van der Waals surface area contributed by atoms with E-state index in [1.165, 1.54) is 0 Å². The maximum absolute atomic E-state index is 11.9. The van der Waals surface area contributed by atoms with Gasteiger partial charge in [-0.05, 0) is 20.0 Å². The zero-order valence-electron chi connectivity index (χ0n) is 11.5. The second-order valence-electron chi connectivity index (χ2n) is 5.14. The third-order valence-electron chi connectivity index (χ3n) is 2.32. The first-order valence-corrected chi connectivity index (χ1v) is 6.03. The van der Waals surface area contributed by atoms with E-state index in [0.717, 1.165) is 6.54 Å². The van der Waals surface area contributed by atoms with Crippen LogP contribution in [0.5, 0.6) is 0 Å². The number of rotatable bonds is 7. The molecule has 0 saturated carbocycles. The van der Waals surface area contributed by atoms with Gasteiger partial charge in [-0.2, -0.15) is 0 Å². The normalized spacial score (nSPS) is 13.6. The molecule has 0 unspecified atom stereocenters. The van der Waals surface area contributed by atoms with Crippen molar-refractivity contribution in [3.05, 3.63) is 0 Å². The van der Waals surface area contributed by atoms with E-state index in [9.17, 15) is 4.79 Å².